The van der Waals surface area contributed by atoms with Crippen molar-refractivity contribution in [1.29, 1.82) is 0 Å². The first-order valence-electron chi connectivity index (χ1n) is 3.97. The monoisotopic (exact) mass is 195 g/mol. The lowest BCUT2D eigenvalue weighted by molar-refractivity contribution is 0.136. The fraction of sp³-hybridized carbons (Fsp3) is 1.00. The van der Waals surface area contributed by atoms with Crippen LogP contribution in [0.2, 0.25) is 0 Å². The van der Waals surface area contributed by atoms with Crippen LogP contribution in [-0.2, 0) is 14.5 Å². The van der Waals surface area contributed by atoms with Crippen LogP contribution in [0.1, 0.15) is 34.1 Å². The van der Waals surface area contributed by atoms with E-state index in [-0.39, 0.29) is 0 Å². The largest absolute Gasteiger partial charge is 0.336 e. The summed E-state index contributed by atoms with van der Waals surface area (Å²) in [7, 11) is -3.55. The Morgan fingerprint density at radius 1 is 1.33 bits per heavy atom. The molecule has 0 unspecified atom stereocenters. The highest BCUT2D eigenvalue weighted by Gasteiger charge is 2.20. The van der Waals surface area contributed by atoms with Gasteiger partial charge in [0.1, 0.15) is 0 Å². The first-order chi connectivity index (χ1) is 5.27. The molecular weight excluding hydrogens is 178 g/mol. The first-order valence-corrected chi connectivity index (χ1v) is 5.38. The van der Waals surface area contributed by atoms with Crippen molar-refractivity contribution in [3.63, 3.8) is 0 Å². The molecule has 0 aromatic rings. The van der Waals surface area contributed by atoms with Gasteiger partial charge in [0, 0.05) is 6.54 Å². The van der Waals surface area contributed by atoms with Gasteiger partial charge >= 0.3 is 10.3 Å². The van der Waals surface area contributed by atoms with Crippen molar-refractivity contribution in [2.75, 3.05) is 6.54 Å². The molecule has 4 nitrogen and oxygen atoms in total. The summed E-state index contributed by atoms with van der Waals surface area (Å²) in [5, 5.41) is 0. The van der Waals surface area contributed by atoms with Gasteiger partial charge in [-0.1, -0.05) is 6.92 Å². The topological polar surface area (TPSA) is 55.4 Å². The Bertz CT molecular complexity index is 215. The summed E-state index contributed by atoms with van der Waals surface area (Å²) in [6.45, 7) is 7.38. The van der Waals surface area contributed by atoms with Crippen LogP contribution in [0.5, 0.6) is 0 Å². The van der Waals surface area contributed by atoms with Gasteiger partial charge in [-0.2, -0.15) is 13.1 Å². The molecule has 0 aliphatic carbocycles. The molecule has 0 spiro atoms. The molecule has 0 rings (SSSR count). The Kier molecular flexibility index (Phi) is 4.16. The van der Waals surface area contributed by atoms with E-state index in [1.165, 1.54) is 0 Å². The van der Waals surface area contributed by atoms with E-state index < -0.39 is 15.9 Å². The molecule has 12 heavy (non-hydrogen) atoms. The van der Waals surface area contributed by atoms with Crippen LogP contribution in [0.25, 0.3) is 0 Å². The second-order valence-corrected chi connectivity index (χ2v) is 4.91. The SMILES string of the molecule is CCCNS(=O)(=O)OC(C)(C)C. The molecule has 5 heteroatoms. The number of hydrogen-bond acceptors (Lipinski definition) is 3. The van der Waals surface area contributed by atoms with E-state index in [1.54, 1.807) is 20.8 Å². The van der Waals surface area contributed by atoms with Crippen LogP contribution < -0.4 is 4.72 Å². The van der Waals surface area contributed by atoms with Gasteiger partial charge in [0.25, 0.3) is 0 Å². The Morgan fingerprint density at radius 3 is 2.17 bits per heavy atom. The molecule has 0 saturated carbocycles. The maximum absolute atomic E-state index is 11.1. The highest BCUT2D eigenvalue weighted by molar-refractivity contribution is 7.84. The minimum Gasteiger partial charge on any atom is -0.252 e. The van der Waals surface area contributed by atoms with E-state index >= 15 is 0 Å². The molecule has 0 radical (unpaired) electrons. The average molecular weight is 195 g/mol. The second kappa shape index (κ2) is 4.20. The fourth-order valence-electron chi connectivity index (χ4n) is 0.586. The smallest absolute Gasteiger partial charge is 0.252 e. The maximum atomic E-state index is 11.1. The molecule has 0 atom stereocenters. The summed E-state index contributed by atoms with van der Waals surface area (Å²) in [5.41, 5.74) is -0.667. The van der Waals surface area contributed by atoms with Crippen molar-refractivity contribution in [2.24, 2.45) is 0 Å². The van der Waals surface area contributed by atoms with Gasteiger partial charge in [-0.15, -0.1) is 0 Å². The summed E-state index contributed by atoms with van der Waals surface area (Å²) in [4.78, 5) is 0. The van der Waals surface area contributed by atoms with Crippen LogP contribution in [0, 0.1) is 0 Å². The molecule has 0 heterocycles. The van der Waals surface area contributed by atoms with Gasteiger partial charge in [0.15, 0.2) is 0 Å². The van der Waals surface area contributed by atoms with E-state index in [2.05, 4.69) is 4.72 Å². The molecule has 0 aliphatic heterocycles. The highest BCUT2D eigenvalue weighted by Crippen LogP contribution is 2.09. The molecule has 1 N–H and O–H groups in total. The third-order valence-corrected chi connectivity index (χ3v) is 2.17. The van der Waals surface area contributed by atoms with E-state index in [0.29, 0.717) is 6.54 Å². The zero-order chi connectivity index (χ0) is 9.83. The second-order valence-electron chi connectivity index (χ2n) is 3.54. The molecule has 0 aromatic carbocycles. The molecule has 0 saturated heterocycles. The van der Waals surface area contributed by atoms with Gasteiger partial charge < -0.3 is 0 Å². The Hall–Kier alpha value is -0.130. The number of hydrogen-bond donors (Lipinski definition) is 1. The Morgan fingerprint density at radius 2 is 1.83 bits per heavy atom. The number of nitrogens with one attached hydrogen (secondary N) is 1. The van der Waals surface area contributed by atoms with E-state index in [0.717, 1.165) is 6.42 Å². The molecule has 74 valence electrons. The quantitative estimate of drug-likeness (QED) is 0.729. The van der Waals surface area contributed by atoms with Crippen LogP contribution >= 0.6 is 0 Å². The lowest BCUT2D eigenvalue weighted by Crippen LogP contribution is -2.33. The minimum absolute atomic E-state index is 0.415. The zero-order valence-electron chi connectivity index (χ0n) is 8.05. The summed E-state index contributed by atoms with van der Waals surface area (Å²) in [6, 6.07) is 0. The minimum atomic E-state index is -3.55. The van der Waals surface area contributed by atoms with Gasteiger partial charge in [-0.25, -0.2) is 0 Å². The van der Waals surface area contributed by atoms with Crippen molar-refractivity contribution in [3.05, 3.63) is 0 Å². The lowest BCUT2D eigenvalue weighted by Gasteiger charge is -2.18. The van der Waals surface area contributed by atoms with Crippen LogP contribution in [0.3, 0.4) is 0 Å². The lowest BCUT2D eigenvalue weighted by atomic mass is 10.2. The van der Waals surface area contributed by atoms with Gasteiger partial charge in [-0.05, 0) is 27.2 Å². The molecule has 0 aliphatic rings. The molecular formula is C7H17NO3S. The van der Waals surface area contributed by atoms with E-state index in [4.69, 9.17) is 4.18 Å². The van der Waals surface area contributed by atoms with Gasteiger partial charge in [0.2, 0.25) is 0 Å². The molecule has 0 bridgehead atoms. The Balaban J connectivity index is 4.06. The molecule has 0 aromatic heterocycles. The van der Waals surface area contributed by atoms with Crippen molar-refractivity contribution < 1.29 is 12.6 Å². The average Bonchev–Trinajstić information content (AvgIpc) is 1.78. The maximum Gasteiger partial charge on any atom is 0.336 e. The molecule has 0 amide bonds. The van der Waals surface area contributed by atoms with Crippen LogP contribution in [0.4, 0.5) is 0 Å². The van der Waals surface area contributed by atoms with Gasteiger partial charge in [0.05, 0.1) is 5.60 Å². The van der Waals surface area contributed by atoms with Crippen molar-refractivity contribution in [2.45, 2.75) is 39.7 Å². The third kappa shape index (κ3) is 6.57. The van der Waals surface area contributed by atoms with Crippen LogP contribution in [0.15, 0.2) is 0 Å². The first kappa shape index (κ1) is 11.9. The summed E-state index contributed by atoms with van der Waals surface area (Å²) >= 11 is 0. The summed E-state index contributed by atoms with van der Waals surface area (Å²) in [5.74, 6) is 0. The Labute approximate surface area is 74.6 Å². The van der Waals surface area contributed by atoms with Crippen molar-refractivity contribution in [1.82, 2.24) is 4.72 Å². The van der Waals surface area contributed by atoms with Crippen molar-refractivity contribution in [3.8, 4) is 0 Å². The van der Waals surface area contributed by atoms with Crippen LogP contribution in [-0.4, -0.2) is 20.6 Å². The normalized spacial score (nSPS) is 13.3. The highest BCUT2D eigenvalue weighted by atomic mass is 32.2. The zero-order valence-corrected chi connectivity index (χ0v) is 8.86. The van der Waals surface area contributed by atoms with E-state index in [9.17, 15) is 8.42 Å². The van der Waals surface area contributed by atoms with E-state index in [1.807, 2.05) is 6.92 Å². The third-order valence-electron chi connectivity index (χ3n) is 0.889. The predicted molar refractivity (Wildman–Crippen MR) is 48.1 cm³/mol. The molecule has 0 fully saturated rings. The predicted octanol–water partition coefficient (Wildman–Crippen LogP) is 1.05. The summed E-state index contributed by atoms with van der Waals surface area (Å²) < 4.78 is 29.2. The summed E-state index contributed by atoms with van der Waals surface area (Å²) in [6.07, 6.45) is 0.757. The standard InChI is InChI=1S/C7H17NO3S/c1-5-6-8-12(9,10)11-7(2,3)4/h8H,5-6H2,1-4H3. The van der Waals surface area contributed by atoms with Gasteiger partial charge in [-0.3, -0.25) is 4.18 Å². The fourth-order valence-corrected chi connectivity index (χ4v) is 1.76. The number of rotatable bonds is 4. The van der Waals surface area contributed by atoms with Crippen molar-refractivity contribution >= 4 is 10.3 Å².